The lowest BCUT2D eigenvalue weighted by atomic mass is 10.1. The number of carbonyl (C=O) groups is 1. The van der Waals surface area contributed by atoms with Crippen LogP contribution in [0.3, 0.4) is 0 Å². The minimum Gasteiger partial charge on any atom is -0.387 e. The molecule has 98 valence electrons. The van der Waals surface area contributed by atoms with Gasteiger partial charge in [-0.25, -0.2) is 0 Å². The van der Waals surface area contributed by atoms with E-state index in [0.29, 0.717) is 10.6 Å². The van der Waals surface area contributed by atoms with E-state index in [-0.39, 0.29) is 18.4 Å². The number of hydrogen-bond donors (Lipinski definition) is 2. The minimum atomic E-state index is -0.746. The topological polar surface area (TPSA) is 49.3 Å². The highest BCUT2D eigenvalue weighted by Gasteiger charge is 2.23. The molecule has 1 aromatic rings. The van der Waals surface area contributed by atoms with Gasteiger partial charge in [0.15, 0.2) is 0 Å². The predicted molar refractivity (Wildman–Crippen MR) is 71.4 cm³/mol. The second kappa shape index (κ2) is 6.21. The molecule has 0 radical (unpaired) electrons. The smallest absolute Gasteiger partial charge is 0.223 e. The Bertz CT molecular complexity index is 416. The molecule has 2 N–H and O–H groups in total. The SMILES string of the molecule is O=C(NCC(O)c1ccccc1Cl)C1CCCC1. The number of rotatable bonds is 4. The number of benzene rings is 1. The van der Waals surface area contributed by atoms with Gasteiger partial charge in [0.2, 0.25) is 5.91 Å². The Morgan fingerprint density at radius 3 is 2.72 bits per heavy atom. The van der Waals surface area contributed by atoms with Gasteiger partial charge in [0.05, 0.1) is 6.10 Å². The van der Waals surface area contributed by atoms with Crippen molar-refractivity contribution in [1.82, 2.24) is 5.32 Å². The van der Waals surface area contributed by atoms with Crippen molar-refractivity contribution in [2.24, 2.45) is 5.92 Å². The highest BCUT2D eigenvalue weighted by atomic mass is 35.5. The Labute approximate surface area is 112 Å². The number of carbonyl (C=O) groups excluding carboxylic acids is 1. The van der Waals surface area contributed by atoms with Gasteiger partial charge in [-0.2, -0.15) is 0 Å². The zero-order valence-electron chi connectivity index (χ0n) is 10.2. The lowest BCUT2D eigenvalue weighted by Crippen LogP contribution is -2.32. The summed E-state index contributed by atoms with van der Waals surface area (Å²) in [5, 5.41) is 13.3. The first-order valence-corrected chi connectivity index (χ1v) is 6.76. The van der Waals surface area contributed by atoms with E-state index >= 15 is 0 Å². The Morgan fingerprint density at radius 2 is 2.06 bits per heavy atom. The van der Waals surface area contributed by atoms with Crippen molar-refractivity contribution < 1.29 is 9.90 Å². The third-order valence-electron chi connectivity index (χ3n) is 3.46. The van der Waals surface area contributed by atoms with Crippen LogP contribution in [0, 0.1) is 5.92 Å². The second-order valence-electron chi connectivity index (χ2n) is 4.76. The molecule has 4 heteroatoms. The van der Waals surface area contributed by atoms with Crippen LogP contribution < -0.4 is 5.32 Å². The minimum absolute atomic E-state index is 0.0543. The van der Waals surface area contributed by atoms with Crippen molar-refractivity contribution in [3.63, 3.8) is 0 Å². The summed E-state index contributed by atoms with van der Waals surface area (Å²) >= 11 is 5.99. The molecule has 1 aromatic carbocycles. The first-order chi connectivity index (χ1) is 8.68. The van der Waals surface area contributed by atoms with Gasteiger partial charge in [-0.3, -0.25) is 4.79 Å². The molecular weight excluding hydrogens is 250 g/mol. The molecule has 1 fully saturated rings. The molecule has 2 rings (SSSR count). The van der Waals surface area contributed by atoms with Crippen molar-refractivity contribution in [3.8, 4) is 0 Å². The number of amides is 1. The molecule has 0 aromatic heterocycles. The first-order valence-electron chi connectivity index (χ1n) is 6.38. The van der Waals surface area contributed by atoms with Crippen LogP contribution in [0.5, 0.6) is 0 Å². The summed E-state index contributed by atoms with van der Waals surface area (Å²) in [5.74, 6) is 0.182. The van der Waals surface area contributed by atoms with Crippen molar-refractivity contribution in [3.05, 3.63) is 34.9 Å². The van der Waals surface area contributed by atoms with Crippen LogP contribution in [0.2, 0.25) is 5.02 Å². The summed E-state index contributed by atoms with van der Waals surface area (Å²) in [6, 6.07) is 7.15. The van der Waals surface area contributed by atoms with Crippen LogP contribution in [0.15, 0.2) is 24.3 Å². The summed E-state index contributed by atoms with van der Waals surface area (Å²) in [6.07, 6.45) is 3.45. The molecule has 0 bridgehead atoms. The van der Waals surface area contributed by atoms with Crippen molar-refractivity contribution in [1.29, 1.82) is 0 Å². The van der Waals surface area contributed by atoms with Crippen LogP contribution in [0.4, 0.5) is 0 Å². The molecule has 3 nitrogen and oxygen atoms in total. The van der Waals surface area contributed by atoms with Gasteiger partial charge in [0, 0.05) is 23.0 Å². The summed E-state index contributed by atoms with van der Waals surface area (Å²) in [5.41, 5.74) is 0.658. The van der Waals surface area contributed by atoms with Gasteiger partial charge >= 0.3 is 0 Å². The normalized spacial score (nSPS) is 17.7. The fourth-order valence-electron chi connectivity index (χ4n) is 2.38. The molecule has 0 heterocycles. The maximum Gasteiger partial charge on any atom is 0.223 e. The lowest BCUT2D eigenvalue weighted by molar-refractivity contribution is -0.125. The zero-order valence-corrected chi connectivity index (χ0v) is 11.0. The third kappa shape index (κ3) is 3.24. The van der Waals surface area contributed by atoms with E-state index in [1.54, 1.807) is 12.1 Å². The highest BCUT2D eigenvalue weighted by molar-refractivity contribution is 6.31. The van der Waals surface area contributed by atoms with E-state index < -0.39 is 6.10 Å². The van der Waals surface area contributed by atoms with Crippen LogP contribution in [0.1, 0.15) is 37.4 Å². The van der Waals surface area contributed by atoms with Crippen molar-refractivity contribution in [2.75, 3.05) is 6.54 Å². The molecule has 0 saturated heterocycles. The largest absolute Gasteiger partial charge is 0.387 e. The maximum atomic E-state index is 11.8. The standard InChI is InChI=1S/C14H18ClNO2/c15-12-8-4-3-7-11(12)13(17)9-16-14(18)10-5-1-2-6-10/h3-4,7-8,10,13,17H,1-2,5-6,9H2,(H,16,18). The molecule has 1 atom stereocenters. The summed E-state index contributed by atoms with van der Waals surface area (Å²) in [7, 11) is 0. The van der Waals surface area contributed by atoms with Gasteiger partial charge in [-0.1, -0.05) is 42.6 Å². The predicted octanol–water partition coefficient (Wildman–Crippen LogP) is 2.68. The zero-order chi connectivity index (χ0) is 13.0. The van der Waals surface area contributed by atoms with Gasteiger partial charge in [0.1, 0.15) is 0 Å². The Balaban J connectivity index is 1.86. The molecule has 1 saturated carbocycles. The Kier molecular flexibility index (Phi) is 4.61. The Hall–Kier alpha value is -1.06. The second-order valence-corrected chi connectivity index (χ2v) is 5.17. The number of halogens is 1. The van der Waals surface area contributed by atoms with E-state index in [0.717, 1.165) is 25.7 Å². The van der Waals surface area contributed by atoms with Crippen LogP contribution >= 0.6 is 11.6 Å². The van der Waals surface area contributed by atoms with Gasteiger partial charge in [-0.05, 0) is 18.9 Å². The fraction of sp³-hybridized carbons (Fsp3) is 0.500. The van der Waals surface area contributed by atoms with Crippen LogP contribution in [-0.2, 0) is 4.79 Å². The number of nitrogens with one attached hydrogen (secondary N) is 1. The molecule has 0 aliphatic heterocycles. The summed E-state index contributed by atoms with van der Waals surface area (Å²) in [6.45, 7) is 0.221. The summed E-state index contributed by atoms with van der Waals surface area (Å²) < 4.78 is 0. The van der Waals surface area contributed by atoms with E-state index in [4.69, 9.17) is 11.6 Å². The highest BCUT2D eigenvalue weighted by Crippen LogP contribution is 2.25. The average Bonchev–Trinajstić information content (AvgIpc) is 2.90. The average molecular weight is 268 g/mol. The monoisotopic (exact) mass is 267 g/mol. The molecule has 18 heavy (non-hydrogen) atoms. The van der Waals surface area contributed by atoms with E-state index in [1.807, 2.05) is 12.1 Å². The van der Waals surface area contributed by atoms with Crippen molar-refractivity contribution >= 4 is 17.5 Å². The van der Waals surface area contributed by atoms with Gasteiger partial charge in [0.25, 0.3) is 0 Å². The summed E-state index contributed by atoms with van der Waals surface area (Å²) in [4.78, 5) is 11.8. The fourth-order valence-corrected chi connectivity index (χ4v) is 2.65. The van der Waals surface area contributed by atoms with Crippen molar-refractivity contribution in [2.45, 2.75) is 31.8 Å². The van der Waals surface area contributed by atoms with E-state index in [2.05, 4.69) is 5.32 Å². The van der Waals surface area contributed by atoms with Gasteiger partial charge < -0.3 is 10.4 Å². The van der Waals surface area contributed by atoms with Crippen LogP contribution in [0.25, 0.3) is 0 Å². The third-order valence-corrected chi connectivity index (χ3v) is 3.80. The number of aliphatic hydroxyl groups excluding tert-OH is 1. The number of aliphatic hydroxyl groups is 1. The number of hydrogen-bond acceptors (Lipinski definition) is 2. The van der Waals surface area contributed by atoms with Crippen LogP contribution in [-0.4, -0.2) is 17.6 Å². The molecule has 1 amide bonds. The lowest BCUT2D eigenvalue weighted by Gasteiger charge is -2.15. The molecule has 1 unspecified atom stereocenters. The molecular formula is C14H18ClNO2. The molecule has 1 aliphatic rings. The first kappa shape index (κ1) is 13.4. The van der Waals surface area contributed by atoms with Gasteiger partial charge in [-0.15, -0.1) is 0 Å². The molecule has 1 aliphatic carbocycles. The Morgan fingerprint density at radius 1 is 1.39 bits per heavy atom. The molecule has 0 spiro atoms. The quantitative estimate of drug-likeness (QED) is 0.881. The van der Waals surface area contributed by atoms with E-state index in [9.17, 15) is 9.90 Å². The van der Waals surface area contributed by atoms with E-state index in [1.165, 1.54) is 0 Å². The maximum absolute atomic E-state index is 11.8.